The van der Waals surface area contributed by atoms with Crippen molar-refractivity contribution in [3.8, 4) is 0 Å². The van der Waals surface area contributed by atoms with Crippen molar-refractivity contribution in [1.29, 1.82) is 0 Å². The molecule has 0 aliphatic carbocycles. The van der Waals surface area contributed by atoms with E-state index in [1.54, 1.807) is 6.33 Å². The summed E-state index contributed by atoms with van der Waals surface area (Å²) in [6.07, 6.45) is 8.12. The normalized spacial score (nSPS) is 12.6. The van der Waals surface area contributed by atoms with Gasteiger partial charge in [-0.25, -0.2) is 15.0 Å². The van der Waals surface area contributed by atoms with Crippen LogP contribution >= 0.6 is 0 Å². The summed E-state index contributed by atoms with van der Waals surface area (Å²) in [5, 5.41) is 5.56. The van der Waals surface area contributed by atoms with Gasteiger partial charge >= 0.3 is 0 Å². The lowest BCUT2D eigenvalue weighted by molar-refractivity contribution is 0.758. The minimum absolute atomic E-state index is 0.134. The van der Waals surface area contributed by atoms with Crippen LogP contribution in [0.15, 0.2) is 49.2 Å². The van der Waals surface area contributed by atoms with Crippen LogP contribution in [-0.4, -0.2) is 29.7 Å². The molecule has 1 unspecified atom stereocenters. The number of imidazole rings is 1. The number of nitrogens with zero attached hydrogens (tertiary/aromatic N) is 5. The van der Waals surface area contributed by atoms with E-state index in [2.05, 4.69) is 43.2 Å². The number of hydrogen-bond donors (Lipinski definition) is 1. The molecule has 1 N–H and O–H groups in total. The Morgan fingerprint density at radius 3 is 2.92 bits per heavy atom. The number of hydrogen-bond acceptors (Lipinski definition) is 4. The summed E-state index contributed by atoms with van der Waals surface area (Å²) in [5.74, 6) is 0.921. The van der Waals surface area contributed by atoms with Gasteiger partial charge in [0.2, 0.25) is 0 Å². The molecule has 120 valence electrons. The molecule has 1 atom stereocenters. The van der Waals surface area contributed by atoms with Crippen LogP contribution in [0.4, 0.5) is 0 Å². The molecule has 0 aliphatic heterocycles. The molecular formula is C18H18N6. The maximum absolute atomic E-state index is 4.57. The minimum atomic E-state index is 0.134. The van der Waals surface area contributed by atoms with Gasteiger partial charge in [-0.15, -0.1) is 0 Å². The van der Waals surface area contributed by atoms with Crippen molar-refractivity contribution >= 4 is 10.9 Å². The second-order valence-corrected chi connectivity index (χ2v) is 5.91. The first-order chi connectivity index (χ1) is 11.7. The summed E-state index contributed by atoms with van der Waals surface area (Å²) in [5.41, 5.74) is 4.43. The van der Waals surface area contributed by atoms with Gasteiger partial charge in [0.15, 0.2) is 0 Å². The van der Waals surface area contributed by atoms with Crippen LogP contribution in [-0.2, 0) is 13.5 Å². The van der Waals surface area contributed by atoms with Crippen LogP contribution in [0.25, 0.3) is 10.9 Å². The fourth-order valence-corrected chi connectivity index (χ4v) is 3.18. The molecular weight excluding hydrogens is 300 g/mol. The maximum Gasteiger partial charge on any atom is 0.125 e. The van der Waals surface area contributed by atoms with Crippen LogP contribution in [0, 0.1) is 6.92 Å². The average molecular weight is 318 g/mol. The second kappa shape index (κ2) is 5.88. The van der Waals surface area contributed by atoms with E-state index in [0.717, 1.165) is 34.5 Å². The molecule has 0 bridgehead atoms. The van der Waals surface area contributed by atoms with E-state index >= 15 is 0 Å². The van der Waals surface area contributed by atoms with Gasteiger partial charge < -0.3 is 4.98 Å². The lowest BCUT2D eigenvalue weighted by Crippen LogP contribution is -2.08. The molecule has 6 heteroatoms. The van der Waals surface area contributed by atoms with Crippen LogP contribution < -0.4 is 0 Å². The summed E-state index contributed by atoms with van der Waals surface area (Å²) in [6, 6.07) is 8.29. The molecule has 0 amide bonds. The highest BCUT2D eigenvalue weighted by atomic mass is 15.2. The summed E-state index contributed by atoms with van der Waals surface area (Å²) in [4.78, 5) is 16.2. The van der Waals surface area contributed by atoms with Gasteiger partial charge in [-0.1, -0.05) is 12.1 Å². The van der Waals surface area contributed by atoms with Crippen LogP contribution in [0.5, 0.6) is 0 Å². The summed E-state index contributed by atoms with van der Waals surface area (Å²) >= 11 is 0. The smallest absolute Gasteiger partial charge is 0.125 e. The van der Waals surface area contributed by atoms with Gasteiger partial charge in [-0.3, -0.25) is 4.68 Å². The Balaban J connectivity index is 1.83. The van der Waals surface area contributed by atoms with E-state index < -0.39 is 0 Å². The van der Waals surface area contributed by atoms with E-state index in [4.69, 9.17) is 0 Å². The maximum atomic E-state index is 4.57. The molecule has 4 rings (SSSR count). The van der Waals surface area contributed by atoms with Crippen molar-refractivity contribution in [2.75, 3.05) is 0 Å². The number of H-pyrrole nitrogens is 1. The van der Waals surface area contributed by atoms with Crippen molar-refractivity contribution in [3.05, 3.63) is 72.0 Å². The third kappa shape index (κ3) is 2.56. The highest BCUT2D eigenvalue weighted by molar-refractivity contribution is 5.83. The number of nitrogens with one attached hydrogen (secondary N) is 1. The lowest BCUT2D eigenvalue weighted by atomic mass is 9.89. The largest absolute Gasteiger partial charge is 0.348 e. The highest BCUT2D eigenvalue weighted by Crippen LogP contribution is 2.32. The predicted molar refractivity (Wildman–Crippen MR) is 91.6 cm³/mol. The SMILES string of the molecule is Cc1nccc(CC(c2cnc[nH]2)c2cccc3c2cnn3C)n1. The number of benzene rings is 1. The van der Waals surface area contributed by atoms with Gasteiger partial charge in [-0.2, -0.15) is 5.10 Å². The molecule has 6 nitrogen and oxygen atoms in total. The number of aromatic nitrogens is 6. The van der Waals surface area contributed by atoms with Crippen LogP contribution in [0.1, 0.15) is 28.7 Å². The fraction of sp³-hybridized carbons (Fsp3) is 0.222. The Morgan fingerprint density at radius 2 is 2.12 bits per heavy atom. The molecule has 4 aromatic rings. The van der Waals surface area contributed by atoms with Crippen LogP contribution in [0.3, 0.4) is 0 Å². The summed E-state index contributed by atoms with van der Waals surface area (Å²) in [7, 11) is 1.96. The van der Waals surface area contributed by atoms with Crippen LogP contribution in [0.2, 0.25) is 0 Å². The number of rotatable bonds is 4. The van der Waals surface area contributed by atoms with Crippen molar-refractivity contribution in [2.24, 2.45) is 7.05 Å². The molecule has 1 aromatic carbocycles. The van der Waals surface area contributed by atoms with Gasteiger partial charge in [0.05, 0.1) is 18.0 Å². The minimum Gasteiger partial charge on any atom is -0.348 e. The van der Waals surface area contributed by atoms with Crippen molar-refractivity contribution < 1.29 is 0 Å². The molecule has 0 saturated carbocycles. The van der Waals surface area contributed by atoms with Gasteiger partial charge in [0.25, 0.3) is 0 Å². The summed E-state index contributed by atoms with van der Waals surface area (Å²) in [6.45, 7) is 1.91. The molecule has 0 saturated heterocycles. The molecule has 3 heterocycles. The Labute approximate surface area is 139 Å². The average Bonchev–Trinajstić information content (AvgIpc) is 3.23. The summed E-state index contributed by atoms with van der Waals surface area (Å²) < 4.78 is 1.90. The molecule has 0 fully saturated rings. The second-order valence-electron chi connectivity index (χ2n) is 5.91. The van der Waals surface area contributed by atoms with E-state index in [9.17, 15) is 0 Å². The highest BCUT2D eigenvalue weighted by Gasteiger charge is 2.20. The Morgan fingerprint density at radius 1 is 1.21 bits per heavy atom. The van der Waals surface area contributed by atoms with Gasteiger partial charge in [0.1, 0.15) is 5.82 Å². The fourth-order valence-electron chi connectivity index (χ4n) is 3.18. The predicted octanol–water partition coefficient (Wildman–Crippen LogP) is 2.77. The number of aromatic amines is 1. The standard InChI is InChI=1S/C18H18N6/c1-12-20-7-6-13(23-12)8-15(17-10-19-11-21-17)14-4-3-5-18-16(14)9-22-24(18)2/h3-7,9-11,15H,8H2,1-2H3,(H,19,21). The molecule has 0 aliphatic rings. The van der Waals surface area contributed by atoms with Crippen molar-refractivity contribution in [2.45, 2.75) is 19.3 Å². The van der Waals surface area contributed by atoms with E-state index in [-0.39, 0.29) is 5.92 Å². The molecule has 0 radical (unpaired) electrons. The zero-order chi connectivity index (χ0) is 16.5. The van der Waals surface area contributed by atoms with E-state index in [1.165, 1.54) is 5.56 Å². The molecule has 24 heavy (non-hydrogen) atoms. The number of fused-ring (bicyclic) bond motifs is 1. The Bertz CT molecular complexity index is 970. The lowest BCUT2D eigenvalue weighted by Gasteiger charge is -2.17. The van der Waals surface area contributed by atoms with Gasteiger partial charge in [0, 0.05) is 48.6 Å². The zero-order valence-electron chi connectivity index (χ0n) is 13.6. The van der Waals surface area contributed by atoms with Gasteiger partial charge in [-0.05, 0) is 24.6 Å². The third-order valence-electron chi connectivity index (χ3n) is 4.34. The van der Waals surface area contributed by atoms with Crippen molar-refractivity contribution in [1.82, 2.24) is 29.7 Å². The first kappa shape index (κ1) is 14.6. The zero-order valence-corrected chi connectivity index (χ0v) is 13.6. The van der Waals surface area contributed by atoms with E-state index in [1.807, 2.05) is 43.3 Å². The van der Waals surface area contributed by atoms with Crippen molar-refractivity contribution in [3.63, 3.8) is 0 Å². The quantitative estimate of drug-likeness (QED) is 0.628. The first-order valence-corrected chi connectivity index (χ1v) is 7.90. The topological polar surface area (TPSA) is 72.3 Å². The monoisotopic (exact) mass is 318 g/mol. The Hall–Kier alpha value is -3.02. The number of aryl methyl sites for hydroxylation is 2. The van der Waals surface area contributed by atoms with E-state index in [0.29, 0.717) is 0 Å². The Kier molecular flexibility index (Phi) is 3.57. The first-order valence-electron chi connectivity index (χ1n) is 7.90. The molecule has 0 spiro atoms. The third-order valence-corrected chi connectivity index (χ3v) is 4.34. The molecule has 3 aromatic heterocycles.